The zero-order valence-corrected chi connectivity index (χ0v) is 10.3. The molecule has 94 valence electrons. The van der Waals surface area contributed by atoms with Crippen molar-refractivity contribution in [3.05, 3.63) is 23.8 Å². The molecule has 0 saturated carbocycles. The van der Waals surface area contributed by atoms with E-state index in [1.54, 1.807) is 7.05 Å². The van der Waals surface area contributed by atoms with Crippen LogP contribution in [0.1, 0.15) is 5.56 Å². The third-order valence-corrected chi connectivity index (χ3v) is 2.29. The molecule has 1 aliphatic rings. The van der Waals surface area contributed by atoms with E-state index in [0.29, 0.717) is 13.1 Å². The van der Waals surface area contributed by atoms with Gasteiger partial charge in [0.05, 0.1) is 6.54 Å². The van der Waals surface area contributed by atoms with Gasteiger partial charge in [-0.2, -0.15) is 0 Å². The highest BCUT2D eigenvalue weighted by molar-refractivity contribution is 5.85. The van der Waals surface area contributed by atoms with Crippen molar-refractivity contribution < 1.29 is 14.3 Å². The molecule has 2 N–H and O–H groups in total. The molecule has 5 nitrogen and oxygen atoms in total. The van der Waals surface area contributed by atoms with Gasteiger partial charge >= 0.3 is 0 Å². The number of ether oxygens (including phenoxy) is 2. The number of likely N-dealkylation sites (N-methyl/N-ethyl adjacent to an activating group) is 1. The third-order valence-electron chi connectivity index (χ3n) is 2.29. The molecule has 1 aromatic rings. The van der Waals surface area contributed by atoms with Crippen molar-refractivity contribution in [2.75, 3.05) is 20.4 Å². The first-order valence-corrected chi connectivity index (χ1v) is 5.10. The highest BCUT2D eigenvalue weighted by atomic mass is 35.5. The highest BCUT2D eigenvalue weighted by Crippen LogP contribution is 2.35. The van der Waals surface area contributed by atoms with Crippen molar-refractivity contribution in [3.8, 4) is 11.5 Å². The van der Waals surface area contributed by atoms with Crippen LogP contribution in [-0.4, -0.2) is 26.3 Å². The molecule has 0 aromatic heterocycles. The minimum absolute atomic E-state index is 0. The molecular formula is C11H15ClN2O3. The lowest BCUT2D eigenvalue weighted by Gasteiger charge is -2.07. The Bertz CT molecular complexity index is 398. The van der Waals surface area contributed by atoms with Gasteiger partial charge in [-0.05, 0) is 13.1 Å². The lowest BCUT2D eigenvalue weighted by atomic mass is 10.2. The maximum absolute atomic E-state index is 11.3. The molecule has 0 radical (unpaired) electrons. The van der Waals surface area contributed by atoms with Crippen LogP contribution >= 0.6 is 12.4 Å². The van der Waals surface area contributed by atoms with Crippen LogP contribution in [0, 0.1) is 0 Å². The van der Waals surface area contributed by atoms with Gasteiger partial charge in [0.15, 0.2) is 11.5 Å². The molecule has 1 aliphatic heterocycles. The first-order valence-electron chi connectivity index (χ1n) is 5.10. The Hall–Kier alpha value is -1.46. The van der Waals surface area contributed by atoms with Crippen molar-refractivity contribution >= 4 is 18.3 Å². The number of hydrogen-bond donors (Lipinski definition) is 2. The summed E-state index contributed by atoms with van der Waals surface area (Å²) in [4.78, 5) is 11.3. The fourth-order valence-corrected chi connectivity index (χ4v) is 1.55. The second-order valence-corrected chi connectivity index (χ2v) is 3.46. The van der Waals surface area contributed by atoms with Crippen LogP contribution in [0.3, 0.4) is 0 Å². The Labute approximate surface area is 106 Å². The van der Waals surface area contributed by atoms with Crippen LogP contribution in [0.15, 0.2) is 18.2 Å². The Balaban J connectivity index is 0.00000144. The fraction of sp³-hybridized carbons (Fsp3) is 0.364. The van der Waals surface area contributed by atoms with E-state index in [9.17, 15) is 4.79 Å². The van der Waals surface area contributed by atoms with Gasteiger partial charge in [-0.3, -0.25) is 4.79 Å². The monoisotopic (exact) mass is 258 g/mol. The topological polar surface area (TPSA) is 59.6 Å². The third kappa shape index (κ3) is 3.25. The first-order chi connectivity index (χ1) is 7.81. The van der Waals surface area contributed by atoms with Crippen LogP contribution < -0.4 is 20.1 Å². The van der Waals surface area contributed by atoms with E-state index in [4.69, 9.17) is 9.47 Å². The maximum Gasteiger partial charge on any atom is 0.234 e. The second kappa shape index (κ2) is 6.32. The van der Waals surface area contributed by atoms with E-state index in [1.807, 2.05) is 18.2 Å². The van der Waals surface area contributed by atoms with Crippen LogP contribution in [0.5, 0.6) is 11.5 Å². The number of para-hydroxylation sites is 1. The van der Waals surface area contributed by atoms with Gasteiger partial charge in [-0.1, -0.05) is 12.1 Å². The molecule has 17 heavy (non-hydrogen) atoms. The van der Waals surface area contributed by atoms with Gasteiger partial charge in [0.25, 0.3) is 0 Å². The van der Waals surface area contributed by atoms with E-state index in [1.165, 1.54) is 0 Å². The SMILES string of the molecule is CNCC(=O)NCc1cccc2c1OCO2.Cl. The van der Waals surface area contributed by atoms with Gasteiger partial charge in [-0.25, -0.2) is 0 Å². The minimum atomic E-state index is -0.0426. The summed E-state index contributed by atoms with van der Waals surface area (Å²) >= 11 is 0. The van der Waals surface area contributed by atoms with Crippen LogP contribution in [0.4, 0.5) is 0 Å². The fourth-order valence-electron chi connectivity index (χ4n) is 1.55. The molecule has 6 heteroatoms. The average molecular weight is 259 g/mol. The molecule has 0 unspecified atom stereocenters. The zero-order chi connectivity index (χ0) is 11.4. The summed E-state index contributed by atoms with van der Waals surface area (Å²) in [7, 11) is 1.73. The Kier molecular flexibility index (Phi) is 5.06. The molecule has 1 heterocycles. The number of rotatable bonds is 4. The summed E-state index contributed by atoms with van der Waals surface area (Å²) in [6.45, 7) is 1.01. The summed E-state index contributed by atoms with van der Waals surface area (Å²) in [6.07, 6.45) is 0. The van der Waals surface area contributed by atoms with Crippen LogP contribution in [-0.2, 0) is 11.3 Å². The maximum atomic E-state index is 11.3. The molecule has 0 saturated heterocycles. The summed E-state index contributed by atoms with van der Waals surface area (Å²) < 4.78 is 10.6. The Morgan fingerprint density at radius 2 is 2.24 bits per heavy atom. The van der Waals surface area contributed by atoms with E-state index in [0.717, 1.165) is 17.1 Å². The Morgan fingerprint density at radius 1 is 1.41 bits per heavy atom. The summed E-state index contributed by atoms with van der Waals surface area (Å²) in [6, 6.07) is 5.64. The quantitative estimate of drug-likeness (QED) is 0.834. The standard InChI is InChI=1S/C11H14N2O3.ClH/c1-12-6-10(14)13-5-8-3-2-4-9-11(8)16-7-15-9;/h2-4,12H,5-7H2,1H3,(H,13,14);1H. The smallest absolute Gasteiger partial charge is 0.234 e. The first kappa shape index (κ1) is 13.6. The number of carbonyl (C=O) groups is 1. The van der Waals surface area contributed by atoms with Crippen molar-refractivity contribution in [2.24, 2.45) is 0 Å². The number of benzene rings is 1. The highest BCUT2D eigenvalue weighted by Gasteiger charge is 2.16. The molecule has 0 aliphatic carbocycles. The van der Waals surface area contributed by atoms with Crippen LogP contribution in [0.2, 0.25) is 0 Å². The van der Waals surface area contributed by atoms with E-state index in [-0.39, 0.29) is 25.1 Å². The second-order valence-electron chi connectivity index (χ2n) is 3.46. The molecule has 0 fully saturated rings. The molecular weight excluding hydrogens is 244 g/mol. The van der Waals surface area contributed by atoms with Crippen LogP contribution in [0.25, 0.3) is 0 Å². The average Bonchev–Trinajstić information content (AvgIpc) is 2.75. The number of carbonyl (C=O) groups excluding carboxylic acids is 1. The van der Waals surface area contributed by atoms with Crippen molar-refractivity contribution in [3.63, 3.8) is 0 Å². The zero-order valence-electron chi connectivity index (χ0n) is 9.49. The van der Waals surface area contributed by atoms with Gasteiger partial charge in [-0.15, -0.1) is 12.4 Å². The normalized spacial score (nSPS) is 11.8. The predicted octanol–water partition coefficient (Wildman–Crippen LogP) is 0.673. The number of hydrogen-bond acceptors (Lipinski definition) is 4. The van der Waals surface area contributed by atoms with Gasteiger partial charge in [0.2, 0.25) is 12.7 Å². The summed E-state index contributed by atoms with van der Waals surface area (Å²) in [5, 5.41) is 5.58. The molecule has 2 rings (SSSR count). The number of amides is 1. The summed E-state index contributed by atoms with van der Waals surface area (Å²) in [5.74, 6) is 1.42. The van der Waals surface area contributed by atoms with E-state index < -0.39 is 0 Å². The number of nitrogens with one attached hydrogen (secondary N) is 2. The van der Waals surface area contributed by atoms with Gasteiger partial charge in [0, 0.05) is 12.1 Å². The predicted molar refractivity (Wildman–Crippen MR) is 65.6 cm³/mol. The largest absolute Gasteiger partial charge is 0.454 e. The molecule has 0 bridgehead atoms. The molecule has 0 spiro atoms. The number of halogens is 1. The molecule has 1 aromatic carbocycles. The molecule has 0 atom stereocenters. The van der Waals surface area contributed by atoms with Gasteiger partial charge < -0.3 is 20.1 Å². The van der Waals surface area contributed by atoms with Crippen molar-refractivity contribution in [1.29, 1.82) is 0 Å². The van der Waals surface area contributed by atoms with E-state index in [2.05, 4.69) is 10.6 Å². The van der Waals surface area contributed by atoms with Gasteiger partial charge in [0.1, 0.15) is 0 Å². The van der Waals surface area contributed by atoms with Crippen molar-refractivity contribution in [2.45, 2.75) is 6.54 Å². The summed E-state index contributed by atoms with van der Waals surface area (Å²) in [5.41, 5.74) is 0.930. The lowest BCUT2D eigenvalue weighted by Crippen LogP contribution is -2.31. The van der Waals surface area contributed by atoms with Crippen molar-refractivity contribution in [1.82, 2.24) is 10.6 Å². The lowest BCUT2D eigenvalue weighted by molar-refractivity contribution is -0.120. The molecule has 1 amide bonds. The number of fused-ring (bicyclic) bond motifs is 1. The Morgan fingerprint density at radius 3 is 3.00 bits per heavy atom. The van der Waals surface area contributed by atoms with E-state index >= 15 is 0 Å². The minimum Gasteiger partial charge on any atom is -0.454 e.